The topological polar surface area (TPSA) is 75.4 Å². The van der Waals surface area contributed by atoms with Crippen molar-refractivity contribution < 1.29 is 10.0 Å². The summed E-state index contributed by atoms with van der Waals surface area (Å²) in [6.07, 6.45) is 0. The smallest absolute Gasteiger partial charge is 0.283 e. The van der Waals surface area contributed by atoms with Crippen molar-refractivity contribution in [3.05, 3.63) is 62.6 Å². The summed E-state index contributed by atoms with van der Waals surface area (Å²) >= 11 is 3.16. The lowest BCUT2D eigenvalue weighted by Gasteiger charge is -2.07. The van der Waals surface area contributed by atoms with E-state index in [0.717, 1.165) is 11.3 Å². The Morgan fingerprint density at radius 3 is 2.68 bits per heavy atom. The molecule has 0 aliphatic heterocycles. The number of nitro benzene ring substituents is 1. The van der Waals surface area contributed by atoms with Gasteiger partial charge in [0, 0.05) is 18.3 Å². The molecular weight excluding hydrogens is 312 g/mol. The van der Waals surface area contributed by atoms with Gasteiger partial charge in [0.2, 0.25) is 0 Å². The molecule has 0 aromatic heterocycles. The lowest BCUT2D eigenvalue weighted by molar-refractivity contribution is -0.385. The van der Waals surface area contributed by atoms with Crippen LogP contribution in [0, 0.1) is 10.1 Å². The number of phenolic OH excluding ortho intramolecular Hbond substituents is 1. The molecule has 2 aromatic rings. The number of hydrogen-bond acceptors (Lipinski definition) is 4. The molecule has 0 atom stereocenters. The van der Waals surface area contributed by atoms with E-state index in [-0.39, 0.29) is 11.4 Å². The molecular formula is C13H11BrN2O3. The Bertz CT molecular complexity index is 617. The number of nitro groups is 1. The number of nitrogens with one attached hydrogen (secondary N) is 1. The van der Waals surface area contributed by atoms with Gasteiger partial charge in [0.1, 0.15) is 5.75 Å². The van der Waals surface area contributed by atoms with E-state index in [1.54, 1.807) is 30.3 Å². The number of halogens is 1. The maximum atomic E-state index is 10.7. The van der Waals surface area contributed by atoms with Crippen molar-refractivity contribution in [3.63, 3.8) is 0 Å². The van der Waals surface area contributed by atoms with Crippen LogP contribution in [0.25, 0.3) is 0 Å². The van der Waals surface area contributed by atoms with E-state index in [1.165, 1.54) is 6.07 Å². The Morgan fingerprint density at radius 1 is 1.26 bits per heavy atom. The molecule has 0 amide bonds. The number of phenols is 1. The van der Waals surface area contributed by atoms with Gasteiger partial charge in [0.25, 0.3) is 5.69 Å². The van der Waals surface area contributed by atoms with Crippen LogP contribution >= 0.6 is 15.9 Å². The molecule has 19 heavy (non-hydrogen) atoms. The molecule has 2 aromatic carbocycles. The fourth-order valence-corrected chi connectivity index (χ4v) is 2.16. The first-order chi connectivity index (χ1) is 9.06. The first kappa shape index (κ1) is 13.4. The monoisotopic (exact) mass is 322 g/mol. The van der Waals surface area contributed by atoms with Crippen molar-refractivity contribution in [2.75, 3.05) is 5.32 Å². The third-order valence-electron chi connectivity index (χ3n) is 2.55. The van der Waals surface area contributed by atoms with Gasteiger partial charge in [-0.1, -0.05) is 12.1 Å². The van der Waals surface area contributed by atoms with Crippen LogP contribution in [0.1, 0.15) is 5.56 Å². The molecule has 98 valence electrons. The molecule has 0 bridgehead atoms. The number of nitrogens with zero attached hydrogens (tertiary/aromatic N) is 1. The minimum atomic E-state index is -0.441. The zero-order valence-corrected chi connectivity index (χ0v) is 11.4. The number of anilines is 1. The Labute approximate surface area is 118 Å². The third-order valence-corrected chi connectivity index (χ3v) is 3.19. The fraction of sp³-hybridized carbons (Fsp3) is 0.0769. The molecule has 0 unspecified atom stereocenters. The normalized spacial score (nSPS) is 10.2. The highest BCUT2D eigenvalue weighted by atomic mass is 79.9. The maximum absolute atomic E-state index is 10.7. The Hall–Kier alpha value is -2.08. The first-order valence-corrected chi connectivity index (χ1v) is 6.31. The average Bonchev–Trinajstić information content (AvgIpc) is 2.36. The zero-order chi connectivity index (χ0) is 13.8. The summed E-state index contributed by atoms with van der Waals surface area (Å²) in [5.41, 5.74) is 1.72. The van der Waals surface area contributed by atoms with Crippen molar-refractivity contribution in [1.82, 2.24) is 0 Å². The molecule has 0 fully saturated rings. The second-order valence-electron chi connectivity index (χ2n) is 3.95. The van der Waals surface area contributed by atoms with Gasteiger partial charge in [0.05, 0.1) is 9.40 Å². The van der Waals surface area contributed by atoms with Crippen LogP contribution in [-0.2, 0) is 6.54 Å². The summed E-state index contributed by atoms with van der Waals surface area (Å²) in [7, 11) is 0. The van der Waals surface area contributed by atoms with E-state index >= 15 is 0 Å². The highest BCUT2D eigenvalue weighted by Gasteiger charge is 2.11. The van der Waals surface area contributed by atoms with Crippen LogP contribution in [0.5, 0.6) is 5.75 Å². The molecule has 2 rings (SSSR count). The summed E-state index contributed by atoms with van der Waals surface area (Å²) in [5, 5.41) is 23.2. The average molecular weight is 323 g/mol. The van der Waals surface area contributed by atoms with Crippen molar-refractivity contribution >= 4 is 27.3 Å². The summed E-state index contributed by atoms with van der Waals surface area (Å²) in [5.74, 6) is 0.212. The molecule has 6 heteroatoms. The van der Waals surface area contributed by atoms with Crippen LogP contribution in [-0.4, -0.2) is 10.0 Å². The molecule has 0 aliphatic carbocycles. The molecule has 0 heterocycles. The highest BCUT2D eigenvalue weighted by Crippen LogP contribution is 2.27. The van der Waals surface area contributed by atoms with Gasteiger partial charge in [0.15, 0.2) is 0 Å². The van der Waals surface area contributed by atoms with Crippen LogP contribution in [0.2, 0.25) is 0 Å². The van der Waals surface area contributed by atoms with Crippen molar-refractivity contribution in [1.29, 1.82) is 0 Å². The summed E-state index contributed by atoms with van der Waals surface area (Å²) in [6, 6.07) is 11.6. The molecule has 0 saturated heterocycles. The Morgan fingerprint density at radius 2 is 2.05 bits per heavy atom. The predicted molar refractivity (Wildman–Crippen MR) is 76.2 cm³/mol. The molecule has 2 N–H and O–H groups in total. The summed E-state index contributed by atoms with van der Waals surface area (Å²) in [4.78, 5) is 10.2. The highest BCUT2D eigenvalue weighted by molar-refractivity contribution is 9.10. The standard InChI is InChI=1S/C13H11BrN2O3/c14-12-7-10(4-5-13(12)16(18)19)15-8-9-2-1-3-11(17)6-9/h1-7,15,17H,8H2. The van der Waals surface area contributed by atoms with E-state index in [4.69, 9.17) is 0 Å². The lowest BCUT2D eigenvalue weighted by atomic mass is 10.2. The largest absolute Gasteiger partial charge is 0.508 e. The predicted octanol–water partition coefficient (Wildman–Crippen LogP) is 3.68. The lowest BCUT2D eigenvalue weighted by Crippen LogP contribution is -1.99. The second kappa shape index (κ2) is 5.71. The van der Waals surface area contributed by atoms with E-state index in [1.807, 2.05) is 6.07 Å². The van der Waals surface area contributed by atoms with E-state index < -0.39 is 4.92 Å². The molecule has 0 aliphatic rings. The fourth-order valence-electron chi connectivity index (χ4n) is 1.64. The van der Waals surface area contributed by atoms with Gasteiger partial charge in [-0.25, -0.2) is 0 Å². The Balaban J connectivity index is 2.08. The minimum absolute atomic E-state index is 0.0305. The maximum Gasteiger partial charge on any atom is 0.283 e. The zero-order valence-electron chi connectivity index (χ0n) is 9.84. The second-order valence-corrected chi connectivity index (χ2v) is 4.80. The molecule has 0 spiro atoms. The molecule has 0 radical (unpaired) electrons. The van der Waals surface area contributed by atoms with Gasteiger partial charge >= 0.3 is 0 Å². The van der Waals surface area contributed by atoms with Gasteiger partial charge in [-0.2, -0.15) is 0 Å². The number of rotatable bonds is 4. The van der Waals surface area contributed by atoms with E-state index in [2.05, 4.69) is 21.2 Å². The van der Waals surface area contributed by atoms with Gasteiger partial charge in [-0.3, -0.25) is 10.1 Å². The van der Waals surface area contributed by atoms with Gasteiger partial charge in [-0.15, -0.1) is 0 Å². The van der Waals surface area contributed by atoms with Gasteiger partial charge in [-0.05, 0) is 45.8 Å². The number of hydrogen-bond donors (Lipinski definition) is 2. The van der Waals surface area contributed by atoms with Crippen LogP contribution in [0.3, 0.4) is 0 Å². The number of benzene rings is 2. The quantitative estimate of drug-likeness (QED) is 0.665. The van der Waals surface area contributed by atoms with Crippen LogP contribution in [0.4, 0.5) is 11.4 Å². The number of aromatic hydroxyl groups is 1. The molecule has 5 nitrogen and oxygen atoms in total. The van der Waals surface area contributed by atoms with Crippen LogP contribution in [0.15, 0.2) is 46.9 Å². The van der Waals surface area contributed by atoms with E-state index in [9.17, 15) is 15.2 Å². The summed E-state index contributed by atoms with van der Waals surface area (Å²) < 4.78 is 0.429. The van der Waals surface area contributed by atoms with Crippen molar-refractivity contribution in [3.8, 4) is 5.75 Å². The van der Waals surface area contributed by atoms with Crippen molar-refractivity contribution in [2.24, 2.45) is 0 Å². The molecule has 0 saturated carbocycles. The Kier molecular flexibility index (Phi) is 4.01. The minimum Gasteiger partial charge on any atom is -0.508 e. The van der Waals surface area contributed by atoms with Crippen molar-refractivity contribution in [2.45, 2.75) is 6.54 Å². The third kappa shape index (κ3) is 3.45. The first-order valence-electron chi connectivity index (χ1n) is 5.52. The SMILES string of the molecule is O=[N+]([O-])c1ccc(NCc2cccc(O)c2)cc1Br. The van der Waals surface area contributed by atoms with E-state index in [0.29, 0.717) is 11.0 Å². The summed E-state index contributed by atoms with van der Waals surface area (Å²) in [6.45, 7) is 0.526. The van der Waals surface area contributed by atoms with Crippen LogP contribution < -0.4 is 5.32 Å². The van der Waals surface area contributed by atoms with Gasteiger partial charge < -0.3 is 10.4 Å².